The summed E-state index contributed by atoms with van der Waals surface area (Å²) in [6, 6.07) is 3.90. The van der Waals surface area contributed by atoms with Gasteiger partial charge in [-0.15, -0.1) is 11.8 Å². The van der Waals surface area contributed by atoms with Gasteiger partial charge in [-0.2, -0.15) is 18.2 Å². The van der Waals surface area contributed by atoms with Crippen LogP contribution in [0.3, 0.4) is 0 Å². The Kier molecular flexibility index (Phi) is 7.66. The molecule has 1 fully saturated rings. The summed E-state index contributed by atoms with van der Waals surface area (Å²) in [5, 5.41) is 0.139. The van der Waals surface area contributed by atoms with Crippen LogP contribution < -0.4 is 10.6 Å². The fraction of sp³-hybridized carbons (Fsp3) is 0.414. The minimum atomic E-state index is -4.83. The maximum atomic E-state index is 15.2. The van der Waals surface area contributed by atoms with Gasteiger partial charge in [0.15, 0.2) is 0 Å². The molecule has 41 heavy (non-hydrogen) atoms. The average molecular weight is 591 g/mol. The number of aryl methyl sites for hydroxylation is 1. The van der Waals surface area contributed by atoms with Crippen LogP contribution in [0.5, 0.6) is 0 Å². The zero-order chi connectivity index (χ0) is 29.8. The van der Waals surface area contributed by atoms with Crippen molar-refractivity contribution >= 4 is 34.4 Å². The van der Waals surface area contributed by atoms with E-state index in [1.54, 1.807) is 16.7 Å². The monoisotopic (exact) mass is 590 g/mol. The maximum absolute atomic E-state index is 15.2. The van der Waals surface area contributed by atoms with Gasteiger partial charge in [-0.1, -0.05) is 18.2 Å². The number of hydrogen-bond donors (Lipinski definition) is 0. The second-order valence-electron chi connectivity index (χ2n) is 10.6. The first-order valence-electron chi connectivity index (χ1n) is 13.2. The third kappa shape index (κ3) is 5.01. The molecule has 0 saturated carbocycles. The van der Waals surface area contributed by atoms with Crippen molar-refractivity contribution in [1.29, 1.82) is 0 Å². The lowest BCUT2D eigenvalue weighted by molar-refractivity contribution is -0.137. The van der Waals surface area contributed by atoms with Crippen LogP contribution in [-0.4, -0.2) is 65.0 Å². The minimum Gasteiger partial charge on any atom is -0.383 e. The number of nitrogens with zero attached hydrogens (tertiary/aromatic N) is 4. The molecule has 0 bridgehead atoms. The molecule has 0 spiro atoms. The van der Waals surface area contributed by atoms with Crippen LogP contribution in [0.4, 0.5) is 23.4 Å². The molecule has 3 aromatic rings. The molecule has 3 unspecified atom stereocenters. The summed E-state index contributed by atoms with van der Waals surface area (Å²) in [5.74, 6) is -0.690. The van der Waals surface area contributed by atoms with Gasteiger partial charge in [-0.3, -0.25) is 9.36 Å². The third-order valence-electron chi connectivity index (χ3n) is 7.63. The van der Waals surface area contributed by atoms with E-state index in [2.05, 4.69) is 11.6 Å². The molecule has 1 aromatic heterocycles. The molecule has 2 aromatic carbocycles. The first kappa shape index (κ1) is 29.1. The van der Waals surface area contributed by atoms with E-state index in [0.717, 1.165) is 23.9 Å². The van der Waals surface area contributed by atoms with Gasteiger partial charge in [-0.25, -0.2) is 9.18 Å². The standard InChI is InChI=1S/C29H30F4N4O3S/c1-6-23(38)36-16(3)11-35(12-17(36)4)27-20-10-21(29(31,32)33)24(19-9-15(2)7-8-22(19)30)26-25(20)37(28(39)34-27)18(13-40-5)14-41-26/h6-10,16-18H,1,11-14H2,2-5H3. The first-order chi connectivity index (χ1) is 19.4. The van der Waals surface area contributed by atoms with Gasteiger partial charge in [0.1, 0.15) is 11.6 Å². The summed E-state index contributed by atoms with van der Waals surface area (Å²) in [5.41, 5.74) is -1.23. The van der Waals surface area contributed by atoms with Crippen LogP contribution in [0, 0.1) is 12.7 Å². The van der Waals surface area contributed by atoms with Crippen molar-refractivity contribution in [3.63, 3.8) is 0 Å². The molecule has 218 valence electrons. The largest absolute Gasteiger partial charge is 0.417 e. The minimum absolute atomic E-state index is 0.104. The van der Waals surface area contributed by atoms with Crippen molar-refractivity contribution in [2.45, 2.75) is 50.0 Å². The molecule has 0 aliphatic carbocycles. The normalized spacial score (nSPS) is 20.9. The zero-order valence-electron chi connectivity index (χ0n) is 23.1. The second kappa shape index (κ2) is 10.8. The van der Waals surface area contributed by atoms with E-state index in [0.29, 0.717) is 5.56 Å². The highest BCUT2D eigenvalue weighted by molar-refractivity contribution is 7.99. The molecule has 3 heterocycles. The molecule has 1 saturated heterocycles. The van der Waals surface area contributed by atoms with E-state index in [9.17, 15) is 22.8 Å². The summed E-state index contributed by atoms with van der Waals surface area (Å²) in [7, 11) is 1.48. The van der Waals surface area contributed by atoms with Crippen molar-refractivity contribution in [2.24, 2.45) is 0 Å². The molecular formula is C29H30F4N4O3S. The van der Waals surface area contributed by atoms with Gasteiger partial charge >= 0.3 is 11.9 Å². The van der Waals surface area contributed by atoms with Crippen molar-refractivity contribution in [1.82, 2.24) is 14.5 Å². The maximum Gasteiger partial charge on any atom is 0.417 e. The number of aromatic nitrogens is 2. The smallest absolute Gasteiger partial charge is 0.383 e. The number of halogens is 4. The second-order valence-corrected chi connectivity index (χ2v) is 11.6. The molecule has 3 atom stereocenters. The van der Waals surface area contributed by atoms with Crippen molar-refractivity contribution in [3.8, 4) is 11.1 Å². The molecule has 0 N–H and O–H groups in total. The number of piperazine rings is 1. The van der Waals surface area contributed by atoms with Gasteiger partial charge in [0.2, 0.25) is 5.91 Å². The van der Waals surface area contributed by atoms with Gasteiger partial charge in [0.25, 0.3) is 0 Å². The Morgan fingerprint density at radius 1 is 1.22 bits per heavy atom. The Bertz CT molecular complexity index is 1590. The number of hydrogen-bond acceptors (Lipinski definition) is 6. The van der Waals surface area contributed by atoms with Crippen LogP contribution in [0.15, 0.2) is 46.6 Å². The Labute approximate surface area is 238 Å². The number of ether oxygens (including phenoxy) is 1. The predicted molar refractivity (Wildman–Crippen MR) is 151 cm³/mol. The van der Waals surface area contributed by atoms with Crippen molar-refractivity contribution in [2.75, 3.05) is 37.5 Å². The SMILES string of the molecule is C=CC(=O)N1C(C)CN(c2nc(=O)n3c4c(c(-c5cc(C)ccc5F)c(C(F)(F)F)cc24)SCC3COC)CC1C. The first-order valence-corrected chi connectivity index (χ1v) is 14.1. The zero-order valence-corrected chi connectivity index (χ0v) is 23.9. The van der Waals surface area contributed by atoms with Crippen LogP contribution in [0.1, 0.15) is 31.0 Å². The molecule has 5 rings (SSSR count). The van der Waals surface area contributed by atoms with E-state index in [1.807, 2.05) is 13.8 Å². The summed E-state index contributed by atoms with van der Waals surface area (Å²) in [6.07, 6.45) is -3.60. The summed E-state index contributed by atoms with van der Waals surface area (Å²) in [6.45, 7) is 9.53. The molecular weight excluding hydrogens is 560 g/mol. The highest BCUT2D eigenvalue weighted by Gasteiger charge is 2.41. The molecule has 0 radical (unpaired) electrons. The van der Waals surface area contributed by atoms with Crippen LogP contribution >= 0.6 is 11.8 Å². The molecule has 2 aliphatic rings. The number of carbonyl (C=O) groups excluding carboxylic acids is 1. The highest BCUT2D eigenvalue weighted by atomic mass is 32.2. The lowest BCUT2D eigenvalue weighted by Gasteiger charge is -2.45. The van der Waals surface area contributed by atoms with Gasteiger partial charge in [0, 0.05) is 59.4 Å². The Balaban J connectivity index is 1.84. The van der Waals surface area contributed by atoms with E-state index >= 15 is 4.39 Å². The molecule has 2 aliphatic heterocycles. The van der Waals surface area contributed by atoms with Crippen LogP contribution in [0.2, 0.25) is 0 Å². The quantitative estimate of drug-likeness (QED) is 0.292. The van der Waals surface area contributed by atoms with Crippen LogP contribution in [-0.2, 0) is 15.7 Å². The lowest BCUT2D eigenvalue weighted by Crippen LogP contribution is -2.58. The number of anilines is 1. The summed E-state index contributed by atoms with van der Waals surface area (Å²) >= 11 is 1.15. The summed E-state index contributed by atoms with van der Waals surface area (Å²) < 4.78 is 66.2. The molecule has 7 nitrogen and oxygen atoms in total. The number of carbonyl (C=O) groups is 1. The van der Waals surface area contributed by atoms with Crippen molar-refractivity contribution in [3.05, 3.63) is 64.3 Å². The Morgan fingerprint density at radius 3 is 2.51 bits per heavy atom. The number of alkyl halides is 3. The number of benzene rings is 2. The van der Waals surface area contributed by atoms with E-state index in [-0.39, 0.29) is 76.2 Å². The number of rotatable bonds is 5. The topological polar surface area (TPSA) is 67.7 Å². The van der Waals surface area contributed by atoms with Gasteiger partial charge in [0.05, 0.1) is 23.7 Å². The summed E-state index contributed by atoms with van der Waals surface area (Å²) in [4.78, 5) is 34.0. The lowest BCUT2D eigenvalue weighted by atomic mass is 9.94. The Morgan fingerprint density at radius 2 is 1.90 bits per heavy atom. The third-order valence-corrected chi connectivity index (χ3v) is 8.87. The fourth-order valence-electron chi connectivity index (χ4n) is 6.00. The van der Waals surface area contributed by atoms with Crippen molar-refractivity contribution < 1.29 is 27.1 Å². The van der Waals surface area contributed by atoms with E-state index in [4.69, 9.17) is 4.74 Å². The van der Waals surface area contributed by atoms with E-state index in [1.165, 1.54) is 29.9 Å². The highest BCUT2D eigenvalue weighted by Crippen LogP contribution is 2.50. The van der Waals surface area contributed by atoms with Gasteiger partial charge < -0.3 is 14.5 Å². The predicted octanol–water partition coefficient (Wildman–Crippen LogP) is 5.43. The Hall–Kier alpha value is -3.38. The average Bonchev–Trinajstić information content (AvgIpc) is 2.91. The van der Waals surface area contributed by atoms with E-state index < -0.39 is 29.3 Å². The molecule has 12 heteroatoms. The number of amides is 1. The van der Waals surface area contributed by atoms with Crippen LogP contribution in [0.25, 0.3) is 22.0 Å². The van der Waals surface area contributed by atoms with Gasteiger partial charge in [-0.05, 0) is 45.0 Å². The molecule has 1 amide bonds. The fourth-order valence-corrected chi connectivity index (χ4v) is 7.32. The number of methoxy groups -OCH3 is 1. The number of thioether (sulfide) groups is 1.